The van der Waals surface area contributed by atoms with Crippen LogP contribution < -0.4 is 0 Å². The molecule has 0 saturated carbocycles. The summed E-state index contributed by atoms with van der Waals surface area (Å²) in [4.78, 5) is 2.73. The molecule has 0 aliphatic carbocycles. The molecule has 0 spiro atoms. The molecule has 1 aliphatic rings. The molecule has 0 aromatic heterocycles. The molecule has 0 amide bonds. The normalized spacial score (nSPS) is 17.9. The van der Waals surface area contributed by atoms with E-state index in [1.54, 1.807) is 0 Å². The minimum atomic E-state index is 0.788. The molecule has 1 heterocycles. The summed E-state index contributed by atoms with van der Waals surface area (Å²) >= 11 is 0. The Morgan fingerprint density at radius 1 is 0.933 bits per heavy atom. The zero-order valence-electron chi connectivity index (χ0n) is 18.6. The van der Waals surface area contributed by atoms with Crippen molar-refractivity contribution in [2.24, 2.45) is 5.16 Å². The number of unbranched alkanes of at least 4 members (excludes halogenated alkanes) is 1. The first kappa shape index (κ1) is 22.6. The predicted octanol–water partition coefficient (Wildman–Crippen LogP) is 6.48. The van der Waals surface area contributed by atoms with Gasteiger partial charge in [0.2, 0.25) is 0 Å². The second-order valence-electron chi connectivity index (χ2n) is 8.59. The molecule has 30 heavy (non-hydrogen) atoms. The Morgan fingerprint density at radius 2 is 1.63 bits per heavy atom. The molecule has 1 aliphatic heterocycles. The fourth-order valence-corrected chi connectivity index (χ4v) is 4.83. The average molecular weight is 407 g/mol. The summed E-state index contributed by atoms with van der Waals surface area (Å²) < 4.78 is 0. The minimum Gasteiger partial charge on any atom is -0.411 e. The van der Waals surface area contributed by atoms with Crippen molar-refractivity contribution in [3.63, 3.8) is 0 Å². The van der Waals surface area contributed by atoms with Crippen LogP contribution in [0.1, 0.15) is 75.0 Å². The van der Waals surface area contributed by atoms with Gasteiger partial charge < -0.3 is 10.1 Å². The molecule has 0 bridgehead atoms. The van der Waals surface area contributed by atoms with Crippen molar-refractivity contribution < 1.29 is 5.21 Å². The van der Waals surface area contributed by atoms with Gasteiger partial charge in [0.1, 0.15) is 0 Å². The van der Waals surface area contributed by atoms with Crippen molar-refractivity contribution in [3.8, 4) is 0 Å². The van der Waals surface area contributed by atoms with E-state index in [4.69, 9.17) is 0 Å². The van der Waals surface area contributed by atoms with E-state index in [2.05, 4.69) is 41.2 Å². The van der Waals surface area contributed by atoms with Crippen LogP contribution in [0, 0.1) is 0 Å². The predicted molar refractivity (Wildman–Crippen MR) is 127 cm³/mol. The highest BCUT2D eigenvalue weighted by molar-refractivity contribution is 6.00. The third-order valence-corrected chi connectivity index (χ3v) is 6.57. The summed E-state index contributed by atoms with van der Waals surface area (Å²) in [6.07, 6.45) is 12.0. The summed E-state index contributed by atoms with van der Waals surface area (Å²) in [7, 11) is 0. The van der Waals surface area contributed by atoms with Gasteiger partial charge in [-0.3, -0.25) is 0 Å². The number of hydrogen-bond donors (Lipinski definition) is 1. The SMILES string of the molecule is CCC1CCCCN1CCCc1ccccc1CCCCC(=NO)c1ccccc1. The summed E-state index contributed by atoms with van der Waals surface area (Å²) in [5, 5.41) is 12.9. The minimum absolute atomic E-state index is 0.788. The van der Waals surface area contributed by atoms with Gasteiger partial charge in [-0.25, -0.2) is 0 Å². The Labute approximate surface area is 182 Å². The fourth-order valence-electron chi connectivity index (χ4n) is 4.83. The molecule has 1 unspecified atom stereocenters. The number of hydrogen-bond acceptors (Lipinski definition) is 3. The molecule has 3 nitrogen and oxygen atoms in total. The summed E-state index contributed by atoms with van der Waals surface area (Å²) in [6.45, 7) is 4.86. The number of piperidine rings is 1. The van der Waals surface area contributed by atoms with Crippen molar-refractivity contribution >= 4 is 5.71 Å². The molecule has 3 rings (SSSR count). The van der Waals surface area contributed by atoms with E-state index in [1.807, 2.05) is 30.3 Å². The van der Waals surface area contributed by atoms with Gasteiger partial charge in [-0.2, -0.15) is 0 Å². The highest BCUT2D eigenvalue weighted by Gasteiger charge is 2.19. The lowest BCUT2D eigenvalue weighted by molar-refractivity contribution is 0.142. The van der Waals surface area contributed by atoms with Crippen LogP contribution in [0.15, 0.2) is 59.8 Å². The van der Waals surface area contributed by atoms with Gasteiger partial charge in [0.15, 0.2) is 0 Å². The molecular formula is C27H38N2O. The van der Waals surface area contributed by atoms with E-state index in [1.165, 1.54) is 62.7 Å². The van der Waals surface area contributed by atoms with E-state index in [-0.39, 0.29) is 0 Å². The Morgan fingerprint density at radius 3 is 2.33 bits per heavy atom. The van der Waals surface area contributed by atoms with Gasteiger partial charge in [0.05, 0.1) is 5.71 Å². The van der Waals surface area contributed by atoms with Crippen LogP contribution in [0.25, 0.3) is 0 Å². The van der Waals surface area contributed by atoms with Crippen molar-refractivity contribution in [1.82, 2.24) is 4.90 Å². The summed E-state index contributed by atoms with van der Waals surface area (Å²) in [5.74, 6) is 0. The molecule has 2 aromatic rings. The number of nitrogens with zero attached hydrogens (tertiary/aromatic N) is 2. The molecular weight excluding hydrogens is 368 g/mol. The van der Waals surface area contributed by atoms with E-state index in [0.717, 1.165) is 43.0 Å². The van der Waals surface area contributed by atoms with E-state index < -0.39 is 0 Å². The van der Waals surface area contributed by atoms with Crippen LogP contribution in [0.4, 0.5) is 0 Å². The number of rotatable bonds is 11. The fraction of sp³-hybridized carbons (Fsp3) is 0.519. The highest BCUT2D eigenvalue weighted by atomic mass is 16.4. The quantitative estimate of drug-likeness (QED) is 0.201. The monoisotopic (exact) mass is 406 g/mol. The number of oxime groups is 1. The second kappa shape index (κ2) is 12.5. The van der Waals surface area contributed by atoms with Crippen molar-refractivity contribution in [2.45, 2.75) is 77.2 Å². The van der Waals surface area contributed by atoms with Crippen LogP contribution in [-0.4, -0.2) is 35.0 Å². The lowest BCUT2D eigenvalue weighted by atomic mass is 9.96. The van der Waals surface area contributed by atoms with Crippen LogP contribution in [0.5, 0.6) is 0 Å². The van der Waals surface area contributed by atoms with Crippen molar-refractivity contribution in [3.05, 3.63) is 71.3 Å². The maximum Gasteiger partial charge on any atom is 0.0867 e. The van der Waals surface area contributed by atoms with Gasteiger partial charge in [-0.05, 0) is 87.6 Å². The Hall–Kier alpha value is -2.13. The van der Waals surface area contributed by atoms with E-state index in [9.17, 15) is 5.21 Å². The standard InChI is InChI=1S/C27H38N2O/c1-2-26-19-10-11-21-29(26)22-12-18-24-14-7-6-13-23(24)15-8-9-20-27(28-30)25-16-4-3-5-17-25/h3-7,13-14,16-17,26,30H,2,8-12,15,18-22H2,1H3. The number of benzene rings is 2. The van der Waals surface area contributed by atoms with Gasteiger partial charge in [0.25, 0.3) is 0 Å². The summed E-state index contributed by atoms with van der Waals surface area (Å²) in [6, 6.07) is 19.8. The molecule has 1 N–H and O–H groups in total. The van der Waals surface area contributed by atoms with Gasteiger partial charge in [-0.15, -0.1) is 0 Å². The zero-order chi connectivity index (χ0) is 21.0. The van der Waals surface area contributed by atoms with Crippen LogP contribution in [-0.2, 0) is 12.8 Å². The maximum absolute atomic E-state index is 9.36. The first-order valence-electron chi connectivity index (χ1n) is 11.9. The second-order valence-corrected chi connectivity index (χ2v) is 8.59. The first-order valence-corrected chi connectivity index (χ1v) is 11.9. The van der Waals surface area contributed by atoms with Gasteiger partial charge in [-0.1, -0.05) is 73.1 Å². The highest BCUT2D eigenvalue weighted by Crippen LogP contribution is 2.21. The molecule has 162 valence electrons. The Bertz CT molecular complexity index is 771. The third-order valence-electron chi connectivity index (χ3n) is 6.57. The van der Waals surface area contributed by atoms with Gasteiger partial charge in [0, 0.05) is 6.04 Å². The van der Waals surface area contributed by atoms with Gasteiger partial charge >= 0.3 is 0 Å². The molecule has 3 heteroatoms. The Kier molecular flexibility index (Phi) is 9.43. The average Bonchev–Trinajstić information content (AvgIpc) is 2.81. The maximum atomic E-state index is 9.36. The zero-order valence-corrected chi connectivity index (χ0v) is 18.6. The molecule has 0 radical (unpaired) electrons. The lowest BCUT2D eigenvalue weighted by Gasteiger charge is -2.35. The molecule has 1 atom stereocenters. The molecule has 1 saturated heterocycles. The van der Waals surface area contributed by atoms with Crippen molar-refractivity contribution in [1.29, 1.82) is 0 Å². The number of aryl methyl sites for hydroxylation is 2. The lowest BCUT2D eigenvalue weighted by Crippen LogP contribution is -2.39. The van der Waals surface area contributed by atoms with Crippen LogP contribution in [0.2, 0.25) is 0 Å². The third kappa shape index (κ3) is 6.70. The topological polar surface area (TPSA) is 35.8 Å². The number of likely N-dealkylation sites (tertiary alicyclic amines) is 1. The van der Waals surface area contributed by atoms with E-state index >= 15 is 0 Å². The molecule has 1 fully saturated rings. The summed E-state index contributed by atoms with van der Waals surface area (Å²) in [5.41, 5.74) is 4.81. The first-order chi connectivity index (χ1) is 14.8. The van der Waals surface area contributed by atoms with E-state index in [0.29, 0.717) is 0 Å². The molecule has 2 aromatic carbocycles. The largest absolute Gasteiger partial charge is 0.411 e. The smallest absolute Gasteiger partial charge is 0.0867 e. The van der Waals surface area contributed by atoms with Crippen LogP contribution >= 0.6 is 0 Å². The van der Waals surface area contributed by atoms with Crippen LogP contribution in [0.3, 0.4) is 0 Å². The van der Waals surface area contributed by atoms with Crippen molar-refractivity contribution in [2.75, 3.05) is 13.1 Å². The Balaban J connectivity index is 1.44.